The molecular formula is C26H29NO3. The fourth-order valence-corrected chi connectivity index (χ4v) is 3.86. The summed E-state index contributed by atoms with van der Waals surface area (Å²) in [5, 5.41) is 0. The highest BCUT2D eigenvalue weighted by Crippen LogP contribution is 2.34. The van der Waals surface area contributed by atoms with Crippen molar-refractivity contribution >= 4 is 0 Å². The van der Waals surface area contributed by atoms with Crippen molar-refractivity contribution in [3.05, 3.63) is 96.1 Å². The molecule has 0 N–H and O–H groups in total. The third kappa shape index (κ3) is 5.21. The molecule has 1 aliphatic rings. The average Bonchev–Trinajstić information content (AvgIpc) is 2.80. The van der Waals surface area contributed by atoms with E-state index in [4.69, 9.17) is 14.2 Å². The van der Waals surface area contributed by atoms with Crippen LogP contribution in [0.3, 0.4) is 0 Å². The Morgan fingerprint density at radius 3 is 2.30 bits per heavy atom. The predicted molar refractivity (Wildman–Crippen MR) is 119 cm³/mol. The normalized spacial score (nSPS) is 18.0. The number of rotatable bonds is 8. The van der Waals surface area contributed by atoms with E-state index in [1.165, 1.54) is 5.56 Å². The number of nitrogens with zero attached hydrogens (tertiary/aromatic N) is 1. The van der Waals surface area contributed by atoms with Crippen molar-refractivity contribution in [1.82, 2.24) is 4.90 Å². The van der Waals surface area contributed by atoms with Crippen LogP contribution in [0.15, 0.2) is 84.9 Å². The van der Waals surface area contributed by atoms with Crippen LogP contribution in [0.1, 0.15) is 24.2 Å². The van der Waals surface area contributed by atoms with E-state index in [9.17, 15) is 0 Å². The van der Waals surface area contributed by atoms with Gasteiger partial charge in [-0.05, 0) is 30.2 Å². The zero-order chi connectivity index (χ0) is 20.6. The van der Waals surface area contributed by atoms with Crippen molar-refractivity contribution in [2.45, 2.75) is 25.7 Å². The summed E-state index contributed by atoms with van der Waals surface area (Å²) in [4.78, 5) is 2.44. The lowest BCUT2D eigenvalue weighted by atomic mass is 10.0. The maximum atomic E-state index is 6.55. The minimum absolute atomic E-state index is 0.0699. The Hall–Kier alpha value is -2.82. The third-order valence-corrected chi connectivity index (χ3v) is 5.30. The van der Waals surface area contributed by atoms with Crippen LogP contribution in [-0.2, 0) is 11.3 Å². The monoisotopic (exact) mass is 403 g/mol. The Bertz CT molecular complexity index is 900. The van der Waals surface area contributed by atoms with Crippen LogP contribution in [-0.4, -0.2) is 37.3 Å². The van der Waals surface area contributed by atoms with Gasteiger partial charge in [-0.3, -0.25) is 4.90 Å². The van der Waals surface area contributed by atoms with Gasteiger partial charge in [0.25, 0.3) is 0 Å². The van der Waals surface area contributed by atoms with Gasteiger partial charge in [0.2, 0.25) is 0 Å². The molecule has 0 radical (unpaired) electrons. The Kier molecular flexibility index (Phi) is 7.01. The molecule has 1 saturated heterocycles. The van der Waals surface area contributed by atoms with Crippen LogP contribution in [0, 0.1) is 0 Å². The molecule has 30 heavy (non-hydrogen) atoms. The molecule has 4 heteroatoms. The number of ether oxygens (including phenoxy) is 3. The SMILES string of the molecule is CCOc1ccccc1OC(c1ccccc1)C1CN(Cc2ccccc2)CCO1. The summed E-state index contributed by atoms with van der Waals surface area (Å²) in [6.45, 7) is 5.92. The first-order chi connectivity index (χ1) is 14.8. The molecule has 4 nitrogen and oxygen atoms in total. The first-order valence-corrected chi connectivity index (χ1v) is 10.6. The first kappa shape index (κ1) is 20.5. The predicted octanol–water partition coefficient (Wildman–Crippen LogP) is 5.11. The lowest BCUT2D eigenvalue weighted by Gasteiger charge is -2.37. The zero-order valence-corrected chi connectivity index (χ0v) is 17.4. The molecule has 0 aliphatic carbocycles. The van der Waals surface area contributed by atoms with E-state index in [1.807, 2.05) is 49.4 Å². The molecule has 2 atom stereocenters. The molecule has 2 unspecified atom stereocenters. The van der Waals surface area contributed by atoms with Crippen LogP contribution < -0.4 is 9.47 Å². The summed E-state index contributed by atoms with van der Waals surface area (Å²) in [6.07, 6.45) is -0.286. The number of hydrogen-bond donors (Lipinski definition) is 0. The van der Waals surface area contributed by atoms with Crippen molar-refractivity contribution < 1.29 is 14.2 Å². The average molecular weight is 404 g/mol. The zero-order valence-electron chi connectivity index (χ0n) is 17.4. The van der Waals surface area contributed by atoms with Gasteiger partial charge >= 0.3 is 0 Å². The molecule has 0 saturated carbocycles. The Morgan fingerprint density at radius 1 is 0.900 bits per heavy atom. The molecule has 3 aromatic carbocycles. The standard InChI is InChI=1S/C26H29NO3/c1-2-28-23-15-9-10-16-24(23)30-26(22-13-7-4-8-14-22)25-20-27(17-18-29-25)19-21-11-5-3-6-12-21/h3-16,25-26H,2,17-20H2,1H3. The minimum Gasteiger partial charge on any atom is -0.490 e. The van der Waals surface area contributed by atoms with Crippen molar-refractivity contribution in [3.63, 3.8) is 0 Å². The molecule has 156 valence electrons. The Labute approximate surface area is 179 Å². The number of morpholine rings is 1. The smallest absolute Gasteiger partial charge is 0.162 e. The van der Waals surface area contributed by atoms with Gasteiger partial charge in [0.1, 0.15) is 6.10 Å². The maximum absolute atomic E-state index is 6.55. The molecule has 4 rings (SSSR count). The van der Waals surface area contributed by atoms with Gasteiger partial charge in [0, 0.05) is 19.6 Å². The van der Waals surface area contributed by atoms with E-state index in [1.54, 1.807) is 0 Å². The van der Waals surface area contributed by atoms with E-state index in [-0.39, 0.29) is 12.2 Å². The van der Waals surface area contributed by atoms with Crippen molar-refractivity contribution in [1.29, 1.82) is 0 Å². The molecule has 0 spiro atoms. The summed E-state index contributed by atoms with van der Waals surface area (Å²) >= 11 is 0. The summed E-state index contributed by atoms with van der Waals surface area (Å²) in [5.41, 5.74) is 2.42. The van der Waals surface area contributed by atoms with E-state index in [0.717, 1.165) is 36.7 Å². The van der Waals surface area contributed by atoms with Gasteiger partial charge in [-0.1, -0.05) is 72.8 Å². The van der Waals surface area contributed by atoms with Gasteiger partial charge in [0.15, 0.2) is 17.6 Å². The van der Waals surface area contributed by atoms with Crippen molar-refractivity contribution in [2.24, 2.45) is 0 Å². The highest BCUT2D eigenvalue weighted by molar-refractivity contribution is 5.40. The fraction of sp³-hybridized carbons (Fsp3) is 0.308. The molecule has 3 aromatic rings. The van der Waals surface area contributed by atoms with Gasteiger partial charge in [-0.25, -0.2) is 0 Å². The maximum Gasteiger partial charge on any atom is 0.162 e. The minimum atomic E-state index is -0.216. The molecule has 1 fully saturated rings. The second kappa shape index (κ2) is 10.3. The molecule has 0 amide bonds. The Balaban J connectivity index is 1.55. The molecule has 1 heterocycles. The van der Waals surface area contributed by atoms with E-state index in [0.29, 0.717) is 13.2 Å². The van der Waals surface area contributed by atoms with Gasteiger partial charge in [-0.15, -0.1) is 0 Å². The second-order valence-corrected chi connectivity index (χ2v) is 7.46. The van der Waals surface area contributed by atoms with Crippen LogP contribution >= 0.6 is 0 Å². The van der Waals surface area contributed by atoms with Gasteiger partial charge in [-0.2, -0.15) is 0 Å². The lowest BCUT2D eigenvalue weighted by Crippen LogP contribution is -2.45. The van der Waals surface area contributed by atoms with Crippen LogP contribution in [0.2, 0.25) is 0 Å². The number of hydrogen-bond acceptors (Lipinski definition) is 4. The van der Waals surface area contributed by atoms with Crippen molar-refractivity contribution in [3.8, 4) is 11.5 Å². The Morgan fingerprint density at radius 2 is 1.57 bits per heavy atom. The molecular weight excluding hydrogens is 374 g/mol. The third-order valence-electron chi connectivity index (χ3n) is 5.30. The highest BCUT2D eigenvalue weighted by Gasteiger charge is 2.31. The summed E-state index contributed by atoms with van der Waals surface area (Å²) in [6, 6.07) is 28.8. The summed E-state index contributed by atoms with van der Waals surface area (Å²) in [5.74, 6) is 1.51. The second-order valence-electron chi connectivity index (χ2n) is 7.46. The summed E-state index contributed by atoms with van der Waals surface area (Å²) < 4.78 is 18.6. The first-order valence-electron chi connectivity index (χ1n) is 10.6. The topological polar surface area (TPSA) is 30.9 Å². The van der Waals surface area contributed by atoms with Crippen LogP contribution in [0.4, 0.5) is 0 Å². The highest BCUT2D eigenvalue weighted by atomic mass is 16.6. The molecule has 0 bridgehead atoms. The molecule has 0 aromatic heterocycles. The van der Waals surface area contributed by atoms with E-state index in [2.05, 4.69) is 47.4 Å². The van der Waals surface area contributed by atoms with Gasteiger partial charge in [0.05, 0.1) is 13.2 Å². The van der Waals surface area contributed by atoms with E-state index >= 15 is 0 Å². The lowest BCUT2D eigenvalue weighted by molar-refractivity contribution is -0.0843. The molecule has 1 aliphatic heterocycles. The largest absolute Gasteiger partial charge is 0.490 e. The van der Waals surface area contributed by atoms with E-state index < -0.39 is 0 Å². The van der Waals surface area contributed by atoms with Crippen LogP contribution in [0.5, 0.6) is 11.5 Å². The van der Waals surface area contributed by atoms with Crippen LogP contribution in [0.25, 0.3) is 0 Å². The fourth-order valence-electron chi connectivity index (χ4n) is 3.86. The van der Waals surface area contributed by atoms with Gasteiger partial charge < -0.3 is 14.2 Å². The number of benzene rings is 3. The quantitative estimate of drug-likeness (QED) is 0.523. The summed E-state index contributed by atoms with van der Waals surface area (Å²) in [7, 11) is 0. The van der Waals surface area contributed by atoms with Crippen molar-refractivity contribution in [2.75, 3.05) is 26.3 Å². The number of para-hydroxylation sites is 2.